The quantitative estimate of drug-likeness (QED) is 0.408. The molecular formula is C25H27ClO. The Morgan fingerprint density at radius 3 is 2.30 bits per heavy atom. The van der Waals surface area contributed by atoms with Gasteiger partial charge in [-0.05, 0) is 73.1 Å². The Kier molecular flexibility index (Phi) is 6.23. The highest BCUT2D eigenvalue weighted by atomic mass is 35.5. The molecule has 0 radical (unpaired) electrons. The summed E-state index contributed by atoms with van der Waals surface area (Å²) >= 11 is 6.03. The third kappa shape index (κ3) is 5.61. The molecule has 0 aromatic heterocycles. The fourth-order valence-electron chi connectivity index (χ4n) is 3.38. The van der Waals surface area contributed by atoms with Crippen LogP contribution in [0.4, 0.5) is 0 Å². The summed E-state index contributed by atoms with van der Waals surface area (Å²) in [7, 11) is 0. The maximum absolute atomic E-state index is 6.03. The topological polar surface area (TPSA) is 9.23 Å². The molecule has 27 heavy (non-hydrogen) atoms. The normalized spacial score (nSPS) is 11.4. The minimum Gasteiger partial charge on any atom is -0.457 e. The van der Waals surface area contributed by atoms with Crippen LogP contribution in [-0.2, 0) is 11.8 Å². The molecule has 3 aromatic carbocycles. The summed E-state index contributed by atoms with van der Waals surface area (Å²) in [6.45, 7) is 6.83. The number of rotatable bonds is 7. The summed E-state index contributed by atoms with van der Waals surface area (Å²) in [6.07, 6.45) is 3.33. The van der Waals surface area contributed by atoms with Gasteiger partial charge in [0.25, 0.3) is 0 Å². The van der Waals surface area contributed by atoms with Crippen molar-refractivity contribution in [1.29, 1.82) is 0 Å². The minimum absolute atomic E-state index is 0.181. The van der Waals surface area contributed by atoms with Crippen molar-refractivity contribution in [1.82, 2.24) is 0 Å². The van der Waals surface area contributed by atoms with Gasteiger partial charge < -0.3 is 4.74 Å². The molecule has 0 aliphatic rings. The zero-order valence-electron chi connectivity index (χ0n) is 16.3. The van der Waals surface area contributed by atoms with Crippen LogP contribution in [0.15, 0.2) is 72.8 Å². The maximum Gasteiger partial charge on any atom is 0.128 e. The number of aryl methyl sites for hydroxylation is 2. The first-order valence-corrected chi connectivity index (χ1v) is 9.90. The van der Waals surface area contributed by atoms with Gasteiger partial charge in [-0.15, -0.1) is 0 Å². The molecule has 0 N–H and O–H groups in total. The average molecular weight is 379 g/mol. The zero-order valence-corrected chi connectivity index (χ0v) is 17.1. The fraction of sp³-hybridized carbons (Fsp3) is 0.280. The van der Waals surface area contributed by atoms with Gasteiger partial charge in [0.05, 0.1) is 0 Å². The highest BCUT2D eigenvalue weighted by Gasteiger charge is 2.20. The third-order valence-corrected chi connectivity index (χ3v) is 5.23. The van der Waals surface area contributed by atoms with E-state index in [0.29, 0.717) is 5.02 Å². The van der Waals surface area contributed by atoms with Crippen LogP contribution in [0.5, 0.6) is 11.5 Å². The van der Waals surface area contributed by atoms with Crippen molar-refractivity contribution in [3.63, 3.8) is 0 Å². The monoisotopic (exact) mass is 378 g/mol. The Labute approximate surface area is 168 Å². The lowest BCUT2D eigenvalue weighted by Gasteiger charge is -2.25. The summed E-state index contributed by atoms with van der Waals surface area (Å²) in [4.78, 5) is 0. The van der Waals surface area contributed by atoms with Gasteiger partial charge in [-0.3, -0.25) is 0 Å². The van der Waals surface area contributed by atoms with Gasteiger partial charge in [-0.1, -0.05) is 73.5 Å². The van der Waals surface area contributed by atoms with Crippen LogP contribution in [0.1, 0.15) is 43.4 Å². The fourth-order valence-corrected chi connectivity index (χ4v) is 3.56. The van der Waals surface area contributed by atoms with Crippen molar-refractivity contribution >= 4 is 11.6 Å². The van der Waals surface area contributed by atoms with Gasteiger partial charge in [0.15, 0.2) is 0 Å². The van der Waals surface area contributed by atoms with Crippen LogP contribution in [0, 0.1) is 6.92 Å². The molecule has 1 nitrogen and oxygen atoms in total. The van der Waals surface area contributed by atoms with Crippen molar-refractivity contribution in [3.8, 4) is 11.5 Å². The second-order valence-corrected chi connectivity index (χ2v) is 8.25. The maximum atomic E-state index is 6.03. The van der Waals surface area contributed by atoms with E-state index in [0.717, 1.165) is 30.8 Å². The van der Waals surface area contributed by atoms with Gasteiger partial charge in [-0.25, -0.2) is 0 Å². The van der Waals surface area contributed by atoms with Crippen LogP contribution in [-0.4, -0.2) is 0 Å². The van der Waals surface area contributed by atoms with Crippen molar-refractivity contribution in [3.05, 3.63) is 94.5 Å². The van der Waals surface area contributed by atoms with E-state index in [9.17, 15) is 0 Å². The highest BCUT2D eigenvalue weighted by molar-refractivity contribution is 6.30. The van der Waals surface area contributed by atoms with E-state index < -0.39 is 0 Å². The number of ether oxygens (including phenoxy) is 1. The molecule has 0 unspecified atom stereocenters. The van der Waals surface area contributed by atoms with Gasteiger partial charge in [0.2, 0.25) is 0 Å². The van der Waals surface area contributed by atoms with E-state index in [1.807, 2.05) is 30.3 Å². The summed E-state index contributed by atoms with van der Waals surface area (Å²) in [6, 6.07) is 24.7. The van der Waals surface area contributed by atoms with Crippen LogP contribution in [0.3, 0.4) is 0 Å². The van der Waals surface area contributed by atoms with Crippen LogP contribution in [0.2, 0.25) is 5.02 Å². The van der Waals surface area contributed by atoms with Gasteiger partial charge in [-0.2, -0.15) is 0 Å². The predicted octanol–water partition coefficient (Wildman–Crippen LogP) is 7.74. The molecular weight excluding hydrogens is 352 g/mol. The summed E-state index contributed by atoms with van der Waals surface area (Å²) in [5.41, 5.74) is 4.22. The van der Waals surface area contributed by atoms with E-state index in [1.54, 1.807) is 0 Å². The summed E-state index contributed by atoms with van der Waals surface area (Å²) < 4.78 is 5.95. The molecule has 0 spiro atoms. The lowest BCUT2D eigenvalue weighted by Crippen LogP contribution is -2.17. The number of hydrogen-bond donors (Lipinski definition) is 0. The van der Waals surface area contributed by atoms with E-state index in [2.05, 4.69) is 63.2 Å². The standard InChI is InChI=1S/C25H27ClO/c1-19-8-4-11-21(16-19)25(2,3)15-7-10-20-9-5-13-23(17-20)27-24-14-6-12-22(26)18-24/h4-6,8-9,11-14,16-18H,7,10,15H2,1-3H3. The Balaban J connectivity index is 1.60. The largest absolute Gasteiger partial charge is 0.457 e. The Hall–Kier alpha value is -2.25. The third-order valence-electron chi connectivity index (χ3n) is 5.00. The molecule has 0 aliphatic heterocycles. The SMILES string of the molecule is Cc1cccc(C(C)(C)CCCc2cccc(Oc3cccc(Cl)c3)c2)c1. The molecule has 0 heterocycles. The smallest absolute Gasteiger partial charge is 0.128 e. The van der Waals surface area contributed by atoms with Gasteiger partial charge >= 0.3 is 0 Å². The molecule has 3 aromatic rings. The molecule has 0 amide bonds. The number of hydrogen-bond acceptors (Lipinski definition) is 1. The first kappa shape index (κ1) is 19.5. The second-order valence-electron chi connectivity index (χ2n) is 7.81. The van der Waals surface area contributed by atoms with Crippen LogP contribution >= 0.6 is 11.6 Å². The first-order valence-electron chi connectivity index (χ1n) is 9.52. The first-order chi connectivity index (χ1) is 12.9. The average Bonchev–Trinajstić information content (AvgIpc) is 2.62. The molecule has 140 valence electrons. The Morgan fingerprint density at radius 2 is 1.56 bits per heavy atom. The van der Waals surface area contributed by atoms with Gasteiger partial charge in [0, 0.05) is 5.02 Å². The molecule has 0 fully saturated rings. The van der Waals surface area contributed by atoms with E-state index in [-0.39, 0.29) is 5.41 Å². The van der Waals surface area contributed by atoms with E-state index in [1.165, 1.54) is 16.7 Å². The molecule has 3 rings (SSSR count). The number of halogens is 1. The molecule has 0 saturated carbocycles. The van der Waals surface area contributed by atoms with Crippen molar-refractivity contribution in [2.75, 3.05) is 0 Å². The lowest BCUT2D eigenvalue weighted by molar-refractivity contribution is 0.459. The molecule has 0 aliphatic carbocycles. The lowest BCUT2D eigenvalue weighted by atomic mass is 9.79. The summed E-state index contributed by atoms with van der Waals surface area (Å²) in [5.74, 6) is 1.62. The van der Waals surface area contributed by atoms with Crippen molar-refractivity contribution in [2.45, 2.75) is 45.4 Å². The molecule has 0 atom stereocenters. The van der Waals surface area contributed by atoms with Crippen LogP contribution < -0.4 is 4.74 Å². The summed E-state index contributed by atoms with van der Waals surface area (Å²) in [5, 5.41) is 0.682. The van der Waals surface area contributed by atoms with Crippen molar-refractivity contribution in [2.24, 2.45) is 0 Å². The highest BCUT2D eigenvalue weighted by Crippen LogP contribution is 2.30. The zero-order chi connectivity index (χ0) is 19.3. The van der Waals surface area contributed by atoms with E-state index >= 15 is 0 Å². The Bertz CT molecular complexity index is 898. The minimum atomic E-state index is 0.181. The number of benzene rings is 3. The van der Waals surface area contributed by atoms with Gasteiger partial charge in [0.1, 0.15) is 11.5 Å². The Morgan fingerprint density at radius 1 is 0.852 bits per heavy atom. The molecule has 2 heteroatoms. The second kappa shape index (κ2) is 8.63. The van der Waals surface area contributed by atoms with E-state index in [4.69, 9.17) is 16.3 Å². The molecule has 0 saturated heterocycles. The van der Waals surface area contributed by atoms with Crippen molar-refractivity contribution < 1.29 is 4.74 Å². The molecule has 0 bridgehead atoms. The van der Waals surface area contributed by atoms with Crippen LogP contribution in [0.25, 0.3) is 0 Å². The predicted molar refractivity (Wildman–Crippen MR) is 115 cm³/mol.